The van der Waals surface area contributed by atoms with Gasteiger partial charge in [-0.3, -0.25) is 4.79 Å². The predicted octanol–water partition coefficient (Wildman–Crippen LogP) is 1.40. The maximum atomic E-state index is 12.1. The van der Waals surface area contributed by atoms with E-state index in [9.17, 15) is 13.2 Å². The Bertz CT molecular complexity index is 592. The molecule has 0 radical (unpaired) electrons. The fraction of sp³-hybridized carbons (Fsp3) is 0.500. The maximum Gasteiger partial charge on any atom is 0.240 e. The van der Waals surface area contributed by atoms with Gasteiger partial charge in [-0.2, -0.15) is 0 Å². The number of amides is 1. The Balaban J connectivity index is 2.05. The summed E-state index contributed by atoms with van der Waals surface area (Å²) in [5.74, 6) is 0.211. The molecule has 2 N–H and O–H groups in total. The van der Waals surface area contributed by atoms with E-state index in [4.69, 9.17) is 0 Å². The van der Waals surface area contributed by atoms with Crippen LogP contribution < -0.4 is 10.0 Å². The van der Waals surface area contributed by atoms with Crippen molar-refractivity contribution in [3.8, 4) is 0 Å². The van der Waals surface area contributed by atoms with Crippen LogP contribution in [-0.4, -0.2) is 20.4 Å². The van der Waals surface area contributed by atoms with Crippen molar-refractivity contribution in [3.63, 3.8) is 0 Å². The minimum Gasteiger partial charge on any atom is -0.352 e. The number of nitrogens with one attached hydrogen (secondary N) is 2. The van der Waals surface area contributed by atoms with Gasteiger partial charge in [0.1, 0.15) is 0 Å². The van der Waals surface area contributed by atoms with Crippen LogP contribution >= 0.6 is 0 Å². The number of hydrogen-bond donors (Lipinski definition) is 2. The molecule has 0 aromatic heterocycles. The van der Waals surface area contributed by atoms with Crippen molar-refractivity contribution in [2.75, 3.05) is 0 Å². The van der Waals surface area contributed by atoms with E-state index in [2.05, 4.69) is 10.0 Å². The van der Waals surface area contributed by atoms with Crippen LogP contribution in [-0.2, 0) is 21.4 Å². The van der Waals surface area contributed by atoms with Gasteiger partial charge in [0, 0.05) is 18.5 Å². The molecule has 2 rings (SSSR count). The molecular formula is C14H20N2O3S. The van der Waals surface area contributed by atoms with Crippen LogP contribution in [0.4, 0.5) is 0 Å². The van der Waals surface area contributed by atoms with Crippen LogP contribution in [0.3, 0.4) is 0 Å². The lowest BCUT2D eigenvalue weighted by Crippen LogP contribution is -2.30. The summed E-state index contributed by atoms with van der Waals surface area (Å²) in [5.41, 5.74) is 0.783. The molecule has 0 aliphatic heterocycles. The first kappa shape index (κ1) is 15.0. The van der Waals surface area contributed by atoms with Crippen molar-refractivity contribution in [1.29, 1.82) is 0 Å². The van der Waals surface area contributed by atoms with Crippen molar-refractivity contribution >= 4 is 15.9 Å². The highest BCUT2D eigenvalue weighted by molar-refractivity contribution is 7.89. The Labute approximate surface area is 119 Å². The summed E-state index contributed by atoms with van der Waals surface area (Å²) >= 11 is 0. The zero-order valence-corrected chi connectivity index (χ0v) is 12.5. The van der Waals surface area contributed by atoms with Crippen LogP contribution in [0.15, 0.2) is 29.2 Å². The van der Waals surface area contributed by atoms with Crippen molar-refractivity contribution in [3.05, 3.63) is 29.8 Å². The summed E-state index contributed by atoms with van der Waals surface area (Å²) in [6, 6.07) is 6.49. The average molecular weight is 296 g/mol. The Morgan fingerprint density at radius 2 is 2.05 bits per heavy atom. The first-order valence-electron chi connectivity index (χ1n) is 6.77. The standard InChI is InChI=1S/C14H20N2O3S/c1-10(2)16-20(18,19)13-5-3-4-11(8-13)9-15-14(17)12-6-7-12/h3-5,8,10,12,16H,6-7,9H2,1-2H3,(H,15,17). The van der Waals surface area contributed by atoms with Crippen LogP contribution in [0.5, 0.6) is 0 Å². The van der Waals surface area contributed by atoms with Gasteiger partial charge in [-0.05, 0) is 44.4 Å². The molecule has 0 saturated heterocycles. The zero-order valence-electron chi connectivity index (χ0n) is 11.7. The number of hydrogen-bond acceptors (Lipinski definition) is 3. The van der Waals surface area contributed by atoms with Gasteiger partial charge < -0.3 is 5.32 Å². The van der Waals surface area contributed by atoms with Crippen molar-refractivity contribution in [2.24, 2.45) is 5.92 Å². The van der Waals surface area contributed by atoms with E-state index in [1.165, 1.54) is 0 Å². The second-order valence-corrected chi connectivity index (χ2v) is 7.13. The Hall–Kier alpha value is -1.40. The number of benzene rings is 1. The molecule has 0 heterocycles. The van der Waals surface area contributed by atoms with E-state index in [-0.39, 0.29) is 22.8 Å². The normalized spacial score (nSPS) is 15.3. The van der Waals surface area contributed by atoms with Crippen molar-refractivity contribution < 1.29 is 13.2 Å². The number of sulfonamides is 1. The first-order valence-corrected chi connectivity index (χ1v) is 8.26. The van der Waals surface area contributed by atoms with E-state index in [0.29, 0.717) is 6.54 Å². The van der Waals surface area contributed by atoms with Crippen molar-refractivity contribution in [2.45, 2.75) is 44.2 Å². The topological polar surface area (TPSA) is 75.3 Å². The third kappa shape index (κ3) is 4.05. The second-order valence-electron chi connectivity index (χ2n) is 5.42. The Kier molecular flexibility index (Phi) is 4.45. The molecule has 0 bridgehead atoms. The minimum absolute atomic E-state index is 0.0542. The van der Waals surface area contributed by atoms with Crippen LogP contribution in [0, 0.1) is 5.92 Å². The summed E-state index contributed by atoms with van der Waals surface area (Å²) < 4.78 is 26.6. The maximum absolute atomic E-state index is 12.1. The van der Waals surface area contributed by atoms with E-state index >= 15 is 0 Å². The number of carbonyl (C=O) groups is 1. The van der Waals surface area contributed by atoms with E-state index in [1.54, 1.807) is 32.0 Å². The highest BCUT2D eigenvalue weighted by atomic mass is 32.2. The van der Waals surface area contributed by atoms with Gasteiger partial charge in [0.15, 0.2) is 0 Å². The summed E-state index contributed by atoms with van der Waals surface area (Å²) in [7, 11) is -3.49. The van der Waals surface area contributed by atoms with Gasteiger partial charge in [0.05, 0.1) is 4.90 Å². The first-order chi connectivity index (χ1) is 9.38. The van der Waals surface area contributed by atoms with Crippen molar-refractivity contribution in [1.82, 2.24) is 10.0 Å². The lowest BCUT2D eigenvalue weighted by Gasteiger charge is -2.11. The van der Waals surface area contributed by atoms with E-state index in [1.807, 2.05) is 6.07 Å². The molecule has 1 aromatic rings. The van der Waals surface area contributed by atoms with Crippen LogP contribution in [0.25, 0.3) is 0 Å². The quantitative estimate of drug-likeness (QED) is 0.833. The molecule has 1 aromatic carbocycles. The molecule has 1 saturated carbocycles. The lowest BCUT2D eigenvalue weighted by atomic mass is 10.2. The third-order valence-electron chi connectivity index (χ3n) is 3.01. The predicted molar refractivity (Wildman–Crippen MR) is 76.5 cm³/mol. The molecular weight excluding hydrogens is 276 g/mol. The van der Waals surface area contributed by atoms with Gasteiger partial charge in [-0.15, -0.1) is 0 Å². The molecule has 5 nitrogen and oxygen atoms in total. The van der Waals surface area contributed by atoms with Gasteiger partial charge in [-0.1, -0.05) is 12.1 Å². The number of carbonyl (C=O) groups excluding carboxylic acids is 1. The molecule has 1 amide bonds. The average Bonchev–Trinajstić information content (AvgIpc) is 3.19. The fourth-order valence-corrected chi connectivity index (χ4v) is 3.20. The third-order valence-corrected chi connectivity index (χ3v) is 4.67. The van der Waals surface area contributed by atoms with E-state index < -0.39 is 10.0 Å². The molecule has 110 valence electrons. The minimum atomic E-state index is -3.49. The molecule has 0 spiro atoms. The monoisotopic (exact) mass is 296 g/mol. The van der Waals surface area contributed by atoms with E-state index in [0.717, 1.165) is 18.4 Å². The zero-order chi connectivity index (χ0) is 14.8. The van der Waals surface area contributed by atoms with Crippen LogP contribution in [0.2, 0.25) is 0 Å². The molecule has 6 heteroatoms. The molecule has 1 fully saturated rings. The summed E-state index contributed by atoms with van der Waals surface area (Å²) in [6.45, 7) is 3.91. The van der Waals surface area contributed by atoms with Crippen LogP contribution in [0.1, 0.15) is 32.3 Å². The fourth-order valence-electron chi connectivity index (χ4n) is 1.88. The van der Waals surface area contributed by atoms with Gasteiger partial charge in [0.2, 0.25) is 15.9 Å². The summed E-state index contributed by atoms with van der Waals surface area (Å²) in [4.78, 5) is 11.8. The molecule has 1 aliphatic rings. The van der Waals surface area contributed by atoms with Gasteiger partial charge in [0.25, 0.3) is 0 Å². The lowest BCUT2D eigenvalue weighted by molar-refractivity contribution is -0.122. The summed E-state index contributed by atoms with van der Waals surface area (Å²) in [6.07, 6.45) is 1.91. The Morgan fingerprint density at radius 3 is 2.65 bits per heavy atom. The molecule has 1 aliphatic carbocycles. The second kappa shape index (κ2) is 5.93. The molecule has 0 atom stereocenters. The summed E-state index contributed by atoms with van der Waals surface area (Å²) in [5, 5.41) is 2.83. The molecule has 0 unspecified atom stereocenters. The smallest absolute Gasteiger partial charge is 0.240 e. The highest BCUT2D eigenvalue weighted by Crippen LogP contribution is 2.28. The largest absolute Gasteiger partial charge is 0.352 e. The number of rotatable bonds is 6. The van der Waals surface area contributed by atoms with Gasteiger partial charge >= 0.3 is 0 Å². The SMILES string of the molecule is CC(C)NS(=O)(=O)c1cccc(CNC(=O)C2CC2)c1. The Morgan fingerprint density at radius 1 is 1.35 bits per heavy atom. The highest BCUT2D eigenvalue weighted by Gasteiger charge is 2.29. The van der Waals surface area contributed by atoms with Gasteiger partial charge in [-0.25, -0.2) is 13.1 Å². The molecule has 20 heavy (non-hydrogen) atoms.